The van der Waals surface area contributed by atoms with Gasteiger partial charge in [-0.3, -0.25) is 9.59 Å². The van der Waals surface area contributed by atoms with Crippen LogP contribution in [0.15, 0.2) is 72.4 Å². The molecule has 33 heavy (non-hydrogen) atoms. The first-order valence-corrected chi connectivity index (χ1v) is 11.3. The Kier molecular flexibility index (Phi) is 5.25. The first-order valence-electron chi connectivity index (χ1n) is 11.3. The third-order valence-corrected chi connectivity index (χ3v) is 6.25. The molecule has 3 aromatic rings. The molecule has 2 aliphatic rings. The van der Waals surface area contributed by atoms with Crippen molar-refractivity contribution in [1.29, 1.82) is 0 Å². The van der Waals surface area contributed by atoms with E-state index in [9.17, 15) is 9.59 Å². The Labute approximate surface area is 193 Å². The van der Waals surface area contributed by atoms with Gasteiger partial charge in [-0.1, -0.05) is 48.0 Å². The molecular weight excluding hydrogens is 412 g/mol. The molecule has 166 valence electrons. The van der Waals surface area contributed by atoms with Gasteiger partial charge in [-0.05, 0) is 62.1 Å². The second-order valence-corrected chi connectivity index (χ2v) is 8.45. The third kappa shape index (κ3) is 3.50. The topological polar surface area (TPSA) is 49.9 Å². The summed E-state index contributed by atoms with van der Waals surface area (Å²) in [6, 6.07) is 21.2. The van der Waals surface area contributed by atoms with E-state index < -0.39 is 0 Å². The molecule has 0 saturated carbocycles. The number of amides is 2. The van der Waals surface area contributed by atoms with Gasteiger partial charge in [0.2, 0.25) is 0 Å². The summed E-state index contributed by atoms with van der Waals surface area (Å²) in [6.45, 7) is 7.08. The lowest BCUT2D eigenvalue weighted by Gasteiger charge is -2.22. The Morgan fingerprint density at radius 1 is 0.909 bits per heavy atom. The average molecular weight is 439 g/mol. The molecule has 0 bridgehead atoms. The number of imide groups is 1. The lowest BCUT2D eigenvalue weighted by Crippen LogP contribution is -2.34. The number of aryl methyl sites for hydroxylation is 2. The Hall–Kier alpha value is -3.86. The van der Waals surface area contributed by atoms with Crippen LogP contribution in [-0.4, -0.2) is 25.0 Å². The van der Waals surface area contributed by atoms with E-state index in [-0.39, 0.29) is 11.8 Å². The van der Waals surface area contributed by atoms with E-state index in [0.29, 0.717) is 35.9 Å². The summed E-state index contributed by atoms with van der Waals surface area (Å²) in [7, 11) is 0. The highest BCUT2D eigenvalue weighted by molar-refractivity contribution is 6.46. The first kappa shape index (κ1) is 21.0. The second-order valence-electron chi connectivity index (χ2n) is 8.45. The van der Waals surface area contributed by atoms with Crippen LogP contribution >= 0.6 is 0 Å². The monoisotopic (exact) mass is 438 g/mol. The van der Waals surface area contributed by atoms with Crippen LogP contribution in [0.1, 0.15) is 29.2 Å². The summed E-state index contributed by atoms with van der Waals surface area (Å²) >= 11 is 0. The van der Waals surface area contributed by atoms with E-state index in [2.05, 4.69) is 6.07 Å². The summed E-state index contributed by atoms with van der Waals surface area (Å²) in [5, 5.41) is 0. The first-order chi connectivity index (χ1) is 16.0. The van der Waals surface area contributed by atoms with Gasteiger partial charge in [0.05, 0.1) is 17.9 Å². The maximum Gasteiger partial charge on any atom is 0.282 e. The summed E-state index contributed by atoms with van der Waals surface area (Å²) in [5.41, 5.74) is 6.46. The predicted octanol–water partition coefficient (Wildman–Crippen LogP) is 5.05. The van der Waals surface area contributed by atoms with Crippen molar-refractivity contribution in [3.05, 3.63) is 94.7 Å². The molecule has 0 unspecified atom stereocenters. The minimum Gasteiger partial charge on any atom is -0.494 e. The zero-order valence-corrected chi connectivity index (χ0v) is 19.1. The summed E-state index contributed by atoms with van der Waals surface area (Å²) in [5.74, 6) is 0.0175. The number of anilines is 2. The van der Waals surface area contributed by atoms with Crippen LogP contribution in [0.4, 0.5) is 11.4 Å². The van der Waals surface area contributed by atoms with Crippen molar-refractivity contribution in [2.45, 2.75) is 27.2 Å². The number of benzene rings is 3. The fourth-order valence-corrected chi connectivity index (χ4v) is 4.79. The number of nitrogens with zero attached hydrogens (tertiary/aromatic N) is 2. The lowest BCUT2D eigenvalue weighted by atomic mass is 9.97. The maximum absolute atomic E-state index is 13.9. The van der Waals surface area contributed by atoms with Crippen molar-refractivity contribution in [1.82, 2.24) is 0 Å². The lowest BCUT2D eigenvalue weighted by molar-refractivity contribution is -0.120. The van der Waals surface area contributed by atoms with Crippen LogP contribution in [0.5, 0.6) is 5.75 Å². The van der Waals surface area contributed by atoms with Crippen molar-refractivity contribution < 1.29 is 14.3 Å². The summed E-state index contributed by atoms with van der Waals surface area (Å²) < 4.78 is 5.62. The number of rotatable bonds is 5. The SMILES string of the molecule is CCOc1cccc(N2C(=O)C(c3ccc(C)cc3C)=C(N3CCc4ccccc43)C2=O)c1. The van der Waals surface area contributed by atoms with Crippen LogP contribution in [0, 0.1) is 13.8 Å². The molecule has 0 saturated heterocycles. The average Bonchev–Trinajstić information content (AvgIpc) is 3.32. The largest absolute Gasteiger partial charge is 0.494 e. The van der Waals surface area contributed by atoms with Gasteiger partial charge < -0.3 is 9.64 Å². The summed E-state index contributed by atoms with van der Waals surface area (Å²) in [4.78, 5) is 31.1. The molecule has 0 aromatic heterocycles. The quantitative estimate of drug-likeness (QED) is 0.523. The fraction of sp³-hybridized carbons (Fsp3) is 0.214. The highest BCUT2D eigenvalue weighted by Gasteiger charge is 2.44. The zero-order chi connectivity index (χ0) is 23.1. The second kappa shape index (κ2) is 8.24. The Bertz CT molecular complexity index is 1310. The van der Waals surface area contributed by atoms with E-state index in [1.54, 1.807) is 18.2 Å². The van der Waals surface area contributed by atoms with Gasteiger partial charge in [-0.2, -0.15) is 0 Å². The molecule has 5 nitrogen and oxygen atoms in total. The van der Waals surface area contributed by atoms with E-state index in [4.69, 9.17) is 4.74 Å². The van der Waals surface area contributed by atoms with E-state index >= 15 is 0 Å². The molecule has 0 radical (unpaired) electrons. The highest BCUT2D eigenvalue weighted by atomic mass is 16.5. The molecule has 5 rings (SSSR count). The van der Waals surface area contributed by atoms with Crippen molar-refractivity contribution in [2.24, 2.45) is 0 Å². The molecule has 3 aromatic carbocycles. The molecule has 0 aliphatic carbocycles. The van der Waals surface area contributed by atoms with Gasteiger partial charge in [0.25, 0.3) is 11.8 Å². The van der Waals surface area contributed by atoms with Gasteiger partial charge in [0.15, 0.2) is 0 Å². The number of carbonyl (C=O) groups excluding carboxylic acids is 2. The minimum absolute atomic E-state index is 0.305. The highest BCUT2D eigenvalue weighted by Crippen LogP contribution is 2.41. The Morgan fingerprint density at radius 3 is 2.52 bits per heavy atom. The van der Waals surface area contributed by atoms with Crippen molar-refractivity contribution in [2.75, 3.05) is 23.0 Å². The molecule has 2 aliphatic heterocycles. The predicted molar refractivity (Wildman–Crippen MR) is 130 cm³/mol. The van der Waals surface area contributed by atoms with Crippen LogP contribution < -0.4 is 14.5 Å². The van der Waals surface area contributed by atoms with Gasteiger partial charge in [0, 0.05) is 18.3 Å². The Balaban J connectivity index is 1.68. The van der Waals surface area contributed by atoms with Crippen LogP contribution in [0.3, 0.4) is 0 Å². The maximum atomic E-state index is 13.9. The molecular formula is C28H26N2O3. The van der Waals surface area contributed by atoms with Gasteiger partial charge in [-0.25, -0.2) is 4.90 Å². The van der Waals surface area contributed by atoms with E-state index in [1.807, 2.05) is 68.1 Å². The standard InChI is InChI=1S/C28H26N2O3/c1-4-33-22-10-7-9-21(17-22)30-27(31)25(23-13-12-18(2)16-19(23)3)26(28(30)32)29-15-14-20-8-5-6-11-24(20)29/h5-13,16-17H,4,14-15H2,1-3H3. The third-order valence-electron chi connectivity index (χ3n) is 6.25. The molecule has 0 fully saturated rings. The number of hydrogen-bond donors (Lipinski definition) is 0. The van der Waals surface area contributed by atoms with Gasteiger partial charge >= 0.3 is 0 Å². The van der Waals surface area contributed by atoms with Crippen LogP contribution in [-0.2, 0) is 16.0 Å². The molecule has 0 spiro atoms. The number of fused-ring (bicyclic) bond motifs is 1. The van der Waals surface area contributed by atoms with Crippen LogP contribution in [0.2, 0.25) is 0 Å². The van der Waals surface area contributed by atoms with E-state index in [1.165, 1.54) is 10.5 Å². The molecule has 0 atom stereocenters. The zero-order valence-electron chi connectivity index (χ0n) is 19.1. The fourth-order valence-electron chi connectivity index (χ4n) is 4.79. The normalized spacial score (nSPS) is 15.5. The summed E-state index contributed by atoms with van der Waals surface area (Å²) in [6.07, 6.45) is 0.834. The van der Waals surface area contributed by atoms with Crippen molar-refractivity contribution >= 4 is 28.8 Å². The number of ether oxygens (including phenoxy) is 1. The Morgan fingerprint density at radius 2 is 1.73 bits per heavy atom. The van der Waals surface area contributed by atoms with Gasteiger partial charge in [-0.15, -0.1) is 0 Å². The molecule has 2 heterocycles. The number of carbonyl (C=O) groups is 2. The van der Waals surface area contributed by atoms with Gasteiger partial charge in [0.1, 0.15) is 11.4 Å². The molecule has 5 heteroatoms. The minimum atomic E-state index is -0.306. The number of hydrogen-bond acceptors (Lipinski definition) is 4. The van der Waals surface area contributed by atoms with Crippen LogP contribution in [0.25, 0.3) is 5.57 Å². The van der Waals surface area contributed by atoms with E-state index in [0.717, 1.165) is 28.8 Å². The van der Waals surface area contributed by atoms with Crippen molar-refractivity contribution in [3.63, 3.8) is 0 Å². The molecule has 2 amide bonds. The smallest absolute Gasteiger partial charge is 0.282 e. The van der Waals surface area contributed by atoms with Crippen molar-refractivity contribution in [3.8, 4) is 5.75 Å². The molecule has 0 N–H and O–H groups in total. The number of para-hydroxylation sites is 1.